The van der Waals surface area contributed by atoms with E-state index in [1.165, 1.54) is 11.1 Å². The van der Waals surface area contributed by atoms with E-state index in [9.17, 15) is 4.79 Å². The third-order valence-corrected chi connectivity index (χ3v) is 5.60. The highest BCUT2D eigenvalue weighted by molar-refractivity contribution is 5.78. The van der Waals surface area contributed by atoms with E-state index in [2.05, 4.69) is 45.0 Å². The second-order valence-corrected chi connectivity index (χ2v) is 8.64. The summed E-state index contributed by atoms with van der Waals surface area (Å²) in [6.07, 6.45) is 1.28. The molecule has 3 rings (SSSR count). The standard InChI is InChI=1S/C24H31NO2/c1-18(20-14-10-7-11-15-20)16-22(26)25-21(17-19-12-8-6-9-13-19)23(2,3)27-24(25,4)5/h6-15,18,21H,16-17H2,1-5H3/t18-,21+/m1/s1. The number of hydrogen-bond donors (Lipinski definition) is 0. The first-order valence-corrected chi connectivity index (χ1v) is 9.82. The summed E-state index contributed by atoms with van der Waals surface area (Å²) >= 11 is 0. The maximum atomic E-state index is 13.4. The van der Waals surface area contributed by atoms with E-state index in [4.69, 9.17) is 4.74 Å². The van der Waals surface area contributed by atoms with E-state index in [0.717, 1.165) is 6.42 Å². The van der Waals surface area contributed by atoms with Crippen LogP contribution in [-0.2, 0) is 16.0 Å². The molecule has 1 saturated heterocycles. The predicted octanol–water partition coefficient (Wildman–Crippen LogP) is 5.17. The van der Waals surface area contributed by atoms with Crippen molar-refractivity contribution in [3.63, 3.8) is 0 Å². The lowest BCUT2D eigenvalue weighted by Gasteiger charge is -2.35. The zero-order valence-corrected chi connectivity index (χ0v) is 17.1. The van der Waals surface area contributed by atoms with E-state index in [0.29, 0.717) is 6.42 Å². The van der Waals surface area contributed by atoms with Crippen molar-refractivity contribution in [3.05, 3.63) is 71.8 Å². The van der Waals surface area contributed by atoms with Crippen LogP contribution < -0.4 is 0 Å². The molecule has 27 heavy (non-hydrogen) atoms. The normalized spacial score (nSPS) is 21.8. The fraction of sp³-hybridized carbons (Fsp3) is 0.458. The van der Waals surface area contributed by atoms with Crippen molar-refractivity contribution >= 4 is 5.91 Å². The Morgan fingerprint density at radius 2 is 1.56 bits per heavy atom. The first kappa shape index (κ1) is 19.6. The number of carbonyl (C=O) groups excluding carboxylic acids is 1. The molecule has 0 aliphatic carbocycles. The van der Waals surface area contributed by atoms with Crippen LogP contribution in [0, 0.1) is 0 Å². The maximum Gasteiger partial charge on any atom is 0.225 e. The third-order valence-electron chi connectivity index (χ3n) is 5.60. The highest BCUT2D eigenvalue weighted by atomic mass is 16.6. The first-order chi connectivity index (χ1) is 12.7. The molecule has 0 saturated carbocycles. The number of ether oxygens (including phenoxy) is 1. The van der Waals surface area contributed by atoms with E-state index in [1.54, 1.807) is 0 Å². The van der Waals surface area contributed by atoms with Gasteiger partial charge in [-0.2, -0.15) is 0 Å². The molecule has 0 unspecified atom stereocenters. The second-order valence-electron chi connectivity index (χ2n) is 8.64. The van der Waals surface area contributed by atoms with Crippen LogP contribution in [0.4, 0.5) is 0 Å². The second kappa shape index (κ2) is 7.47. The molecular formula is C24H31NO2. The van der Waals surface area contributed by atoms with Crippen molar-refractivity contribution in [2.75, 3.05) is 0 Å². The Morgan fingerprint density at radius 3 is 2.15 bits per heavy atom. The molecule has 1 fully saturated rings. The van der Waals surface area contributed by atoms with E-state index < -0.39 is 11.3 Å². The molecule has 144 valence electrons. The van der Waals surface area contributed by atoms with Crippen LogP contribution in [0.15, 0.2) is 60.7 Å². The summed E-state index contributed by atoms with van der Waals surface area (Å²) < 4.78 is 6.35. The Balaban J connectivity index is 1.84. The van der Waals surface area contributed by atoms with Gasteiger partial charge >= 0.3 is 0 Å². The Bertz CT molecular complexity index is 767. The van der Waals surface area contributed by atoms with Gasteiger partial charge in [-0.05, 0) is 51.2 Å². The summed E-state index contributed by atoms with van der Waals surface area (Å²) in [4.78, 5) is 15.4. The average molecular weight is 366 g/mol. The van der Waals surface area contributed by atoms with Gasteiger partial charge < -0.3 is 9.64 Å². The van der Waals surface area contributed by atoms with Gasteiger partial charge in [0.2, 0.25) is 5.91 Å². The van der Waals surface area contributed by atoms with Crippen molar-refractivity contribution in [2.45, 2.75) is 70.7 Å². The fourth-order valence-corrected chi connectivity index (χ4v) is 4.36. The molecule has 3 nitrogen and oxygen atoms in total. The molecule has 2 aromatic rings. The number of amides is 1. The van der Waals surface area contributed by atoms with E-state index in [1.807, 2.05) is 55.1 Å². The Morgan fingerprint density at radius 1 is 1.00 bits per heavy atom. The number of hydrogen-bond acceptors (Lipinski definition) is 2. The summed E-state index contributed by atoms with van der Waals surface area (Å²) in [6.45, 7) is 10.3. The van der Waals surface area contributed by atoms with E-state index >= 15 is 0 Å². The SMILES string of the molecule is C[C@H](CC(=O)N1[C@@H](Cc2ccccc2)C(C)(C)OC1(C)C)c1ccccc1. The Kier molecular flexibility index (Phi) is 5.43. The molecule has 0 aromatic heterocycles. The topological polar surface area (TPSA) is 29.5 Å². The molecule has 0 N–H and O–H groups in total. The first-order valence-electron chi connectivity index (χ1n) is 9.82. The smallest absolute Gasteiger partial charge is 0.225 e. The van der Waals surface area contributed by atoms with Crippen molar-refractivity contribution in [1.82, 2.24) is 4.90 Å². The quantitative estimate of drug-likeness (QED) is 0.732. The molecule has 0 radical (unpaired) electrons. The fourth-order valence-electron chi connectivity index (χ4n) is 4.36. The van der Waals surface area contributed by atoms with Crippen LogP contribution >= 0.6 is 0 Å². The summed E-state index contributed by atoms with van der Waals surface area (Å²) in [7, 11) is 0. The monoisotopic (exact) mass is 365 g/mol. The highest BCUT2D eigenvalue weighted by Gasteiger charge is 2.53. The molecule has 0 spiro atoms. The number of nitrogens with zero attached hydrogens (tertiary/aromatic N) is 1. The van der Waals surface area contributed by atoms with Crippen LogP contribution in [0.2, 0.25) is 0 Å². The van der Waals surface area contributed by atoms with Crippen molar-refractivity contribution in [2.24, 2.45) is 0 Å². The molecule has 1 aliphatic rings. The number of carbonyl (C=O) groups is 1. The maximum absolute atomic E-state index is 13.4. The minimum atomic E-state index is -0.615. The van der Waals surface area contributed by atoms with E-state index in [-0.39, 0.29) is 17.9 Å². The van der Waals surface area contributed by atoms with Gasteiger partial charge in [-0.1, -0.05) is 67.6 Å². The van der Waals surface area contributed by atoms with Crippen LogP contribution in [0.1, 0.15) is 58.1 Å². The summed E-state index contributed by atoms with van der Waals surface area (Å²) in [5.74, 6) is 0.332. The van der Waals surface area contributed by atoms with Gasteiger partial charge in [-0.25, -0.2) is 0 Å². The van der Waals surface area contributed by atoms with Crippen molar-refractivity contribution < 1.29 is 9.53 Å². The van der Waals surface area contributed by atoms with Crippen LogP contribution in [0.3, 0.4) is 0 Å². The summed E-state index contributed by atoms with van der Waals surface area (Å²) in [5.41, 5.74) is 1.41. The third kappa shape index (κ3) is 4.24. The average Bonchev–Trinajstić information content (AvgIpc) is 2.80. The number of rotatable bonds is 5. The number of benzene rings is 2. The minimum Gasteiger partial charge on any atom is -0.348 e. The van der Waals surface area contributed by atoms with Crippen LogP contribution in [0.5, 0.6) is 0 Å². The molecule has 1 amide bonds. The molecule has 2 aromatic carbocycles. The Labute approximate surface area is 163 Å². The molecule has 2 atom stereocenters. The largest absolute Gasteiger partial charge is 0.348 e. The lowest BCUT2D eigenvalue weighted by Crippen LogP contribution is -2.50. The zero-order chi connectivity index (χ0) is 19.7. The van der Waals surface area contributed by atoms with Gasteiger partial charge in [0.15, 0.2) is 0 Å². The molecule has 3 heteroatoms. The van der Waals surface area contributed by atoms with Gasteiger partial charge in [0, 0.05) is 6.42 Å². The van der Waals surface area contributed by atoms with Gasteiger partial charge in [0.1, 0.15) is 5.72 Å². The molecule has 0 bridgehead atoms. The van der Waals surface area contributed by atoms with Gasteiger partial charge in [0.05, 0.1) is 11.6 Å². The summed E-state index contributed by atoms with van der Waals surface area (Å²) in [5, 5.41) is 0. The van der Waals surface area contributed by atoms with Gasteiger partial charge in [0.25, 0.3) is 0 Å². The zero-order valence-electron chi connectivity index (χ0n) is 17.1. The van der Waals surface area contributed by atoms with Crippen LogP contribution in [0.25, 0.3) is 0 Å². The molecular weight excluding hydrogens is 334 g/mol. The Hall–Kier alpha value is -2.13. The van der Waals surface area contributed by atoms with Crippen LogP contribution in [-0.4, -0.2) is 28.2 Å². The van der Waals surface area contributed by atoms with Gasteiger partial charge in [-0.15, -0.1) is 0 Å². The highest BCUT2D eigenvalue weighted by Crippen LogP contribution is 2.41. The molecule has 1 heterocycles. The lowest BCUT2D eigenvalue weighted by atomic mass is 9.90. The summed E-state index contributed by atoms with van der Waals surface area (Å²) in [6, 6.07) is 20.6. The molecule has 1 aliphatic heterocycles. The predicted molar refractivity (Wildman–Crippen MR) is 109 cm³/mol. The lowest BCUT2D eigenvalue weighted by molar-refractivity contribution is -0.150. The van der Waals surface area contributed by atoms with Crippen molar-refractivity contribution in [1.29, 1.82) is 0 Å². The van der Waals surface area contributed by atoms with Gasteiger partial charge in [-0.3, -0.25) is 4.79 Å². The minimum absolute atomic E-state index is 0.00498. The van der Waals surface area contributed by atoms with Crippen molar-refractivity contribution in [3.8, 4) is 0 Å².